The predicted octanol–water partition coefficient (Wildman–Crippen LogP) is 4.71. The Balaban J connectivity index is 1.79. The Kier molecular flexibility index (Phi) is 8.69. The van der Waals surface area contributed by atoms with Gasteiger partial charge in [0.05, 0.1) is 22.2 Å². The Hall–Kier alpha value is -3.55. The SMILES string of the molecule is Cc1c(NC(=O)CCN(CCCO)C(c2ccccc2)c2ccccc2)cccc1[N+](=O)[O-]. The van der Waals surface area contributed by atoms with Gasteiger partial charge in [-0.05, 0) is 30.5 Å². The number of carbonyl (C=O) groups excluding carboxylic acids is 1. The van der Waals surface area contributed by atoms with Crippen molar-refractivity contribution in [2.24, 2.45) is 0 Å². The quantitative estimate of drug-likeness (QED) is 0.328. The van der Waals surface area contributed by atoms with Crippen LogP contribution < -0.4 is 5.32 Å². The van der Waals surface area contributed by atoms with Crippen LogP contribution in [0.5, 0.6) is 0 Å². The van der Waals surface area contributed by atoms with E-state index < -0.39 is 4.92 Å². The lowest BCUT2D eigenvalue weighted by atomic mass is 9.96. The van der Waals surface area contributed by atoms with E-state index in [1.165, 1.54) is 6.07 Å². The molecule has 0 aliphatic carbocycles. The zero-order valence-corrected chi connectivity index (χ0v) is 18.7. The van der Waals surface area contributed by atoms with E-state index in [2.05, 4.69) is 34.5 Å². The van der Waals surface area contributed by atoms with Gasteiger partial charge in [-0.3, -0.25) is 19.8 Å². The summed E-state index contributed by atoms with van der Waals surface area (Å²) >= 11 is 0. The van der Waals surface area contributed by atoms with Crippen LogP contribution in [0.2, 0.25) is 0 Å². The van der Waals surface area contributed by atoms with E-state index in [0.717, 1.165) is 11.1 Å². The van der Waals surface area contributed by atoms with Crippen LogP contribution in [0.25, 0.3) is 0 Å². The Bertz CT molecular complexity index is 1020. The molecule has 0 fully saturated rings. The first-order chi connectivity index (χ1) is 16.0. The summed E-state index contributed by atoms with van der Waals surface area (Å²) in [6.07, 6.45) is 0.797. The molecule has 0 spiro atoms. The number of aliphatic hydroxyl groups excluding tert-OH is 1. The molecule has 0 radical (unpaired) electrons. The van der Waals surface area contributed by atoms with Gasteiger partial charge in [0.2, 0.25) is 5.91 Å². The molecule has 2 N–H and O–H groups in total. The maximum Gasteiger partial charge on any atom is 0.274 e. The molecule has 172 valence electrons. The van der Waals surface area contributed by atoms with Crippen LogP contribution in [0.15, 0.2) is 78.9 Å². The Morgan fingerprint density at radius 1 is 0.970 bits per heavy atom. The number of hydrogen-bond acceptors (Lipinski definition) is 5. The molecule has 7 nitrogen and oxygen atoms in total. The fraction of sp³-hybridized carbons (Fsp3) is 0.269. The van der Waals surface area contributed by atoms with Gasteiger partial charge in [-0.25, -0.2) is 0 Å². The number of hydrogen-bond donors (Lipinski definition) is 2. The average Bonchev–Trinajstić information content (AvgIpc) is 2.83. The second kappa shape index (κ2) is 11.9. The zero-order chi connectivity index (χ0) is 23.6. The van der Waals surface area contributed by atoms with Crippen LogP contribution >= 0.6 is 0 Å². The lowest BCUT2D eigenvalue weighted by molar-refractivity contribution is -0.385. The van der Waals surface area contributed by atoms with Gasteiger partial charge < -0.3 is 10.4 Å². The number of aliphatic hydroxyl groups is 1. The summed E-state index contributed by atoms with van der Waals surface area (Å²) in [5, 5.41) is 23.5. The highest BCUT2D eigenvalue weighted by Crippen LogP contribution is 2.29. The summed E-state index contributed by atoms with van der Waals surface area (Å²) < 4.78 is 0. The van der Waals surface area contributed by atoms with E-state index in [0.29, 0.717) is 30.8 Å². The highest BCUT2D eigenvalue weighted by molar-refractivity contribution is 5.92. The first kappa shape index (κ1) is 24.1. The Morgan fingerprint density at radius 2 is 1.58 bits per heavy atom. The lowest BCUT2D eigenvalue weighted by Gasteiger charge is -2.32. The van der Waals surface area contributed by atoms with Gasteiger partial charge in [-0.1, -0.05) is 66.7 Å². The third-order valence-electron chi connectivity index (χ3n) is 5.60. The molecular weight excluding hydrogens is 418 g/mol. The number of nitrogens with zero attached hydrogens (tertiary/aromatic N) is 2. The molecule has 33 heavy (non-hydrogen) atoms. The predicted molar refractivity (Wildman–Crippen MR) is 129 cm³/mol. The van der Waals surface area contributed by atoms with Crippen molar-refractivity contribution in [1.29, 1.82) is 0 Å². The summed E-state index contributed by atoms with van der Waals surface area (Å²) in [7, 11) is 0. The molecule has 0 heterocycles. The van der Waals surface area contributed by atoms with Crippen molar-refractivity contribution >= 4 is 17.3 Å². The Labute approximate surface area is 193 Å². The van der Waals surface area contributed by atoms with E-state index in [4.69, 9.17) is 0 Å². The lowest BCUT2D eigenvalue weighted by Crippen LogP contribution is -2.34. The summed E-state index contributed by atoms with van der Waals surface area (Å²) in [5.74, 6) is -0.215. The Morgan fingerprint density at radius 3 is 2.12 bits per heavy atom. The van der Waals surface area contributed by atoms with Gasteiger partial charge >= 0.3 is 0 Å². The summed E-state index contributed by atoms with van der Waals surface area (Å²) in [5.41, 5.74) is 3.07. The van der Waals surface area contributed by atoms with Crippen LogP contribution in [0.4, 0.5) is 11.4 Å². The molecule has 0 unspecified atom stereocenters. The smallest absolute Gasteiger partial charge is 0.274 e. The van der Waals surface area contributed by atoms with E-state index in [1.54, 1.807) is 19.1 Å². The number of anilines is 1. The maximum absolute atomic E-state index is 12.8. The number of amides is 1. The van der Waals surface area contributed by atoms with E-state index in [9.17, 15) is 20.0 Å². The molecule has 0 aromatic heterocycles. The number of nitro benzene ring substituents is 1. The topological polar surface area (TPSA) is 95.7 Å². The summed E-state index contributed by atoms with van der Waals surface area (Å²) in [6, 6.07) is 24.8. The largest absolute Gasteiger partial charge is 0.396 e. The summed E-state index contributed by atoms with van der Waals surface area (Å²) in [4.78, 5) is 25.7. The highest BCUT2D eigenvalue weighted by Gasteiger charge is 2.23. The van der Waals surface area contributed by atoms with Crippen molar-refractivity contribution in [3.8, 4) is 0 Å². The van der Waals surface area contributed by atoms with Crippen molar-refractivity contribution in [3.05, 3.63) is 106 Å². The van der Waals surface area contributed by atoms with Crippen molar-refractivity contribution in [3.63, 3.8) is 0 Å². The van der Waals surface area contributed by atoms with Gasteiger partial charge in [-0.2, -0.15) is 0 Å². The third-order valence-corrected chi connectivity index (χ3v) is 5.60. The van der Waals surface area contributed by atoms with Crippen molar-refractivity contribution < 1.29 is 14.8 Å². The van der Waals surface area contributed by atoms with Gasteiger partial charge in [0.1, 0.15) is 0 Å². The molecule has 0 bridgehead atoms. The normalized spacial score (nSPS) is 11.0. The van der Waals surface area contributed by atoms with Crippen LogP contribution in [0.3, 0.4) is 0 Å². The molecule has 0 aliphatic heterocycles. The molecule has 1 amide bonds. The van der Waals surface area contributed by atoms with Crippen LogP contribution in [0.1, 0.15) is 35.6 Å². The number of nitro groups is 1. The van der Waals surface area contributed by atoms with Crippen LogP contribution in [-0.2, 0) is 4.79 Å². The first-order valence-electron chi connectivity index (χ1n) is 11.0. The molecule has 0 aliphatic rings. The van der Waals surface area contributed by atoms with Crippen molar-refractivity contribution in [2.45, 2.75) is 25.8 Å². The van der Waals surface area contributed by atoms with Crippen LogP contribution in [-0.4, -0.2) is 40.5 Å². The third kappa shape index (κ3) is 6.47. The number of carbonyl (C=O) groups is 1. The molecule has 0 saturated carbocycles. The fourth-order valence-corrected chi connectivity index (χ4v) is 3.94. The van der Waals surface area contributed by atoms with Gasteiger partial charge in [0.15, 0.2) is 0 Å². The second-order valence-electron chi connectivity index (χ2n) is 7.84. The van der Waals surface area contributed by atoms with Gasteiger partial charge in [0.25, 0.3) is 5.69 Å². The average molecular weight is 448 g/mol. The second-order valence-corrected chi connectivity index (χ2v) is 7.84. The molecule has 7 heteroatoms. The molecular formula is C26H29N3O4. The minimum atomic E-state index is -0.452. The van der Waals surface area contributed by atoms with Gasteiger partial charge in [0, 0.05) is 32.2 Å². The minimum Gasteiger partial charge on any atom is -0.396 e. The van der Waals surface area contributed by atoms with Crippen molar-refractivity contribution in [2.75, 3.05) is 25.0 Å². The number of nitrogens with one attached hydrogen (secondary N) is 1. The number of benzene rings is 3. The highest BCUT2D eigenvalue weighted by atomic mass is 16.6. The minimum absolute atomic E-state index is 0.0226. The standard InChI is InChI=1S/C26H29N3O4/c1-20-23(14-8-15-24(20)29(32)33)27-25(31)16-18-28(17-9-19-30)26(21-10-4-2-5-11-21)22-12-6-3-7-13-22/h2-8,10-15,26,30H,9,16-19H2,1H3,(H,27,31). The van der Waals surface area contributed by atoms with Gasteiger partial charge in [-0.15, -0.1) is 0 Å². The maximum atomic E-state index is 12.8. The van der Waals surface area contributed by atoms with Crippen molar-refractivity contribution in [1.82, 2.24) is 4.90 Å². The number of rotatable bonds is 11. The van der Waals surface area contributed by atoms with E-state index in [-0.39, 0.29) is 30.7 Å². The van der Waals surface area contributed by atoms with E-state index >= 15 is 0 Å². The fourth-order valence-electron chi connectivity index (χ4n) is 3.94. The summed E-state index contributed by atoms with van der Waals surface area (Å²) in [6.45, 7) is 2.77. The monoisotopic (exact) mass is 447 g/mol. The van der Waals surface area contributed by atoms with Crippen LogP contribution in [0, 0.1) is 17.0 Å². The first-order valence-corrected chi connectivity index (χ1v) is 11.0. The molecule has 3 aromatic rings. The van der Waals surface area contributed by atoms with E-state index in [1.807, 2.05) is 36.4 Å². The zero-order valence-electron chi connectivity index (χ0n) is 18.7. The molecule has 3 rings (SSSR count). The molecule has 3 aromatic carbocycles. The molecule has 0 atom stereocenters. The molecule has 0 saturated heterocycles.